The Hall–Kier alpha value is -0.220. The molecule has 0 aromatic heterocycles. The summed E-state index contributed by atoms with van der Waals surface area (Å²) < 4.78 is 0. The van der Waals surface area contributed by atoms with Crippen LogP contribution in [-0.4, -0.2) is 31.0 Å². The van der Waals surface area contributed by atoms with Crippen molar-refractivity contribution in [2.45, 2.75) is 20.3 Å². The quantitative estimate of drug-likeness (QED) is 0.629. The van der Waals surface area contributed by atoms with Crippen LogP contribution < -0.4 is 11.1 Å². The fourth-order valence-corrected chi connectivity index (χ4v) is 1.67. The molecule has 3 N–H and O–H groups in total. The van der Waals surface area contributed by atoms with E-state index in [0.717, 1.165) is 18.7 Å². The number of amides is 1. The summed E-state index contributed by atoms with van der Waals surface area (Å²) in [5.74, 6) is 1.48. The van der Waals surface area contributed by atoms with Crippen LogP contribution in [0.4, 0.5) is 0 Å². The third kappa shape index (κ3) is 5.50. The second-order valence-electron chi connectivity index (χ2n) is 3.72. The molecule has 0 aliphatic rings. The van der Waals surface area contributed by atoms with Crippen molar-refractivity contribution >= 4 is 17.7 Å². The molecule has 0 radical (unpaired) electrons. The van der Waals surface area contributed by atoms with E-state index in [1.165, 1.54) is 0 Å². The Bertz CT molecular complexity index is 162. The van der Waals surface area contributed by atoms with E-state index >= 15 is 0 Å². The van der Waals surface area contributed by atoms with Crippen molar-refractivity contribution in [3.8, 4) is 0 Å². The zero-order chi connectivity index (χ0) is 11.0. The summed E-state index contributed by atoms with van der Waals surface area (Å²) in [7, 11) is 0. The fourth-order valence-electron chi connectivity index (χ4n) is 1.24. The van der Waals surface area contributed by atoms with E-state index in [4.69, 9.17) is 5.73 Å². The zero-order valence-electron chi connectivity index (χ0n) is 9.38. The Kier molecular flexibility index (Phi) is 7.99. The van der Waals surface area contributed by atoms with Crippen LogP contribution >= 0.6 is 11.8 Å². The van der Waals surface area contributed by atoms with Gasteiger partial charge < -0.3 is 11.1 Å². The van der Waals surface area contributed by atoms with E-state index in [9.17, 15) is 4.79 Å². The molecule has 0 heterocycles. The third-order valence-corrected chi connectivity index (χ3v) is 2.92. The van der Waals surface area contributed by atoms with Crippen LogP contribution in [0.3, 0.4) is 0 Å². The first kappa shape index (κ1) is 13.8. The van der Waals surface area contributed by atoms with Gasteiger partial charge in [-0.2, -0.15) is 11.8 Å². The maximum Gasteiger partial charge on any atom is 0.224 e. The minimum Gasteiger partial charge on any atom is -0.356 e. The normalized spacial score (nSPS) is 12.9. The smallest absolute Gasteiger partial charge is 0.224 e. The van der Waals surface area contributed by atoms with Gasteiger partial charge in [-0.1, -0.05) is 13.8 Å². The molecule has 0 spiro atoms. The molecule has 1 unspecified atom stereocenters. The number of nitrogens with two attached hydrogens (primary N) is 1. The maximum absolute atomic E-state index is 11.6. The van der Waals surface area contributed by atoms with Crippen LogP contribution in [0.5, 0.6) is 0 Å². The molecule has 1 atom stereocenters. The minimum absolute atomic E-state index is 0.0377. The van der Waals surface area contributed by atoms with Gasteiger partial charge in [-0.05, 0) is 24.3 Å². The average Bonchev–Trinajstić information content (AvgIpc) is 2.13. The first-order valence-corrected chi connectivity index (χ1v) is 6.49. The highest BCUT2D eigenvalue weighted by Crippen LogP contribution is 2.08. The second-order valence-corrected chi connectivity index (χ2v) is 4.71. The molecule has 14 heavy (non-hydrogen) atoms. The van der Waals surface area contributed by atoms with Crippen LogP contribution in [0.25, 0.3) is 0 Å². The van der Waals surface area contributed by atoms with Gasteiger partial charge in [0, 0.05) is 13.1 Å². The molecule has 84 valence electrons. The molecule has 4 heteroatoms. The molecule has 3 nitrogen and oxygen atoms in total. The SMILES string of the molecule is CSCCCNC(=O)C(CN)C(C)C. The molecule has 0 aliphatic carbocycles. The van der Waals surface area contributed by atoms with Gasteiger partial charge in [0.05, 0.1) is 5.92 Å². The van der Waals surface area contributed by atoms with Gasteiger partial charge in [0.1, 0.15) is 0 Å². The number of carbonyl (C=O) groups excluding carboxylic acids is 1. The Morgan fingerprint density at radius 3 is 2.57 bits per heavy atom. The monoisotopic (exact) mass is 218 g/mol. The topological polar surface area (TPSA) is 55.1 Å². The molecule has 0 saturated carbocycles. The predicted molar refractivity (Wildman–Crippen MR) is 63.4 cm³/mol. The van der Waals surface area contributed by atoms with Gasteiger partial charge in [-0.15, -0.1) is 0 Å². The minimum atomic E-state index is -0.0377. The highest BCUT2D eigenvalue weighted by molar-refractivity contribution is 7.98. The Labute approximate surface area is 91.2 Å². The number of thioether (sulfide) groups is 1. The summed E-state index contributed by atoms with van der Waals surface area (Å²) >= 11 is 1.80. The number of nitrogens with one attached hydrogen (secondary N) is 1. The number of carbonyl (C=O) groups is 1. The van der Waals surface area contributed by atoms with E-state index < -0.39 is 0 Å². The Balaban J connectivity index is 3.70. The van der Waals surface area contributed by atoms with Gasteiger partial charge in [-0.25, -0.2) is 0 Å². The molecular weight excluding hydrogens is 196 g/mol. The highest BCUT2D eigenvalue weighted by atomic mass is 32.2. The van der Waals surface area contributed by atoms with Crippen molar-refractivity contribution in [3.05, 3.63) is 0 Å². The first-order chi connectivity index (χ1) is 6.63. The fraction of sp³-hybridized carbons (Fsp3) is 0.900. The van der Waals surface area contributed by atoms with Gasteiger partial charge in [0.2, 0.25) is 5.91 Å². The lowest BCUT2D eigenvalue weighted by Crippen LogP contribution is -2.38. The van der Waals surface area contributed by atoms with E-state index in [0.29, 0.717) is 12.5 Å². The standard InChI is InChI=1S/C10H22N2OS/c1-8(2)9(7-11)10(13)12-5-4-6-14-3/h8-9H,4-7,11H2,1-3H3,(H,12,13). The van der Waals surface area contributed by atoms with Crippen molar-refractivity contribution in [2.24, 2.45) is 17.6 Å². The third-order valence-electron chi connectivity index (χ3n) is 2.22. The van der Waals surface area contributed by atoms with Gasteiger partial charge >= 0.3 is 0 Å². The summed E-state index contributed by atoms with van der Waals surface area (Å²) in [6, 6.07) is 0. The molecule has 0 rings (SSSR count). The molecule has 0 fully saturated rings. The number of rotatable bonds is 7. The molecule has 0 aromatic carbocycles. The van der Waals surface area contributed by atoms with Crippen LogP contribution in [0.15, 0.2) is 0 Å². The Morgan fingerprint density at radius 2 is 2.14 bits per heavy atom. The van der Waals surface area contributed by atoms with E-state index in [1.807, 2.05) is 13.8 Å². The van der Waals surface area contributed by atoms with Crippen LogP contribution in [0.2, 0.25) is 0 Å². The summed E-state index contributed by atoms with van der Waals surface area (Å²) in [6.07, 6.45) is 3.10. The average molecular weight is 218 g/mol. The number of hydrogen-bond donors (Lipinski definition) is 2. The molecule has 1 amide bonds. The van der Waals surface area contributed by atoms with Crippen molar-refractivity contribution in [1.82, 2.24) is 5.32 Å². The first-order valence-electron chi connectivity index (χ1n) is 5.10. The van der Waals surface area contributed by atoms with Crippen LogP contribution in [0.1, 0.15) is 20.3 Å². The summed E-state index contributed by atoms with van der Waals surface area (Å²) in [5.41, 5.74) is 5.54. The lowest BCUT2D eigenvalue weighted by Gasteiger charge is -2.17. The van der Waals surface area contributed by atoms with Gasteiger partial charge in [0.15, 0.2) is 0 Å². The van der Waals surface area contributed by atoms with Crippen molar-refractivity contribution in [2.75, 3.05) is 25.1 Å². The highest BCUT2D eigenvalue weighted by Gasteiger charge is 2.19. The van der Waals surface area contributed by atoms with Gasteiger partial charge in [-0.3, -0.25) is 4.79 Å². The maximum atomic E-state index is 11.6. The zero-order valence-corrected chi connectivity index (χ0v) is 10.2. The van der Waals surface area contributed by atoms with Crippen LogP contribution in [-0.2, 0) is 4.79 Å². The van der Waals surface area contributed by atoms with E-state index in [-0.39, 0.29) is 11.8 Å². The summed E-state index contributed by atoms with van der Waals surface area (Å²) in [5, 5.41) is 2.92. The number of hydrogen-bond acceptors (Lipinski definition) is 3. The lowest BCUT2D eigenvalue weighted by molar-refractivity contribution is -0.125. The molecule has 0 bridgehead atoms. The molecule has 0 aliphatic heterocycles. The van der Waals surface area contributed by atoms with E-state index in [2.05, 4.69) is 11.6 Å². The van der Waals surface area contributed by atoms with Crippen molar-refractivity contribution in [3.63, 3.8) is 0 Å². The predicted octanol–water partition coefficient (Wildman–Crippen LogP) is 1.09. The molecule has 0 aromatic rings. The van der Waals surface area contributed by atoms with Gasteiger partial charge in [0.25, 0.3) is 0 Å². The molecular formula is C10H22N2OS. The molecule has 0 saturated heterocycles. The van der Waals surface area contributed by atoms with Crippen LogP contribution in [0, 0.1) is 11.8 Å². The largest absolute Gasteiger partial charge is 0.356 e. The van der Waals surface area contributed by atoms with Crippen molar-refractivity contribution < 1.29 is 4.79 Å². The Morgan fingerprint density at radius 1 is 1.50 bits per heavy atom. The summed E-state index contributed by atoms with van der Waals surface area (Å²) in [6.45, 7) is 5.26. The summed E-state index contributed by atoms with van der Waals surface area (Å²) in [4.78, 5) is 11.6. The van der Waals surface area contributed by atoms with Crippen molar-refractivity contribution in [1.29, 1.82) is 0 Å². The second kappa shape index (κ2) is 8.12. The lowest BCUT2D eigenvalue weighted by atomic mass is 9.95. The van der Waals surface area contributed by atoms with E-state index in [1.54, 1.807) is 11.8 Å².